The minimum absolute atomic E-state index is 0. The first-order valence-electron chi connectivity index (χ1n) is 9.69. The molecular formula is C23H28FN5O. The van der Waals surface area contributed by atoms with Crippen molar-refractivity contribution in [2.45, 2.75) is 6.04 Å². The number of ketones is 1. The van der Waals surface area contributed by atoms with Crippen molar-refractivity contribution < 1.29 is 13.5 Å². The molecule has 1 atom stereocenters. The zero-order valence-electron chi connectivity index (χ0n) is 16.4. The summed E-state index contributed by atoms with van der Waals surface area (Å²) in [7, 11) is 0. The maximum Gasteiger partial charge on any atom is 0.215 e. The van der Waals surface area contributed by atoms with Gasteiger partial charge in [-0.1, -0.05) is 36.9 Å². The Morgan fingerprint density at radius 2 is 1.97 bits per heavy atom. The van der Waals surface area contributed by atoms with Crippen LogP contribution in [0, 0.1) is 0 Å². The van der Waals surface area contributed by atoms with E-state index in [0.717, 1.165) is 13.1 Å². The average molecular weight is 410 g/mol. The highest BCUT2D eigenvalue weighted by Gasteiger charge is 2.25. The van der Waals surface area contributed by atoms with E-state index in [1.165, 1.54) is 11.8 Å². The summed E-state index contributed by atoms with van der Waals surface area (Å²) in [6, 6.07) is 16.7. The van der Waals surface area contributed by atoms with E-state index in [-0.39, 0.29) is 33.0 Å². The maximum absolute atomic E-state index is 14.1. The van der Waals surface area contributed by atoms with Crippen LogP contribution in [0.4, 0.5) is 16.0 Å². The lowest BCUT2D eigenvalue weighted by Crippen LogP contribution is -2.46. The number of nitrogens with zero attached hydrogens (tertiary/aromatic N) is 3. The van der Waals surface area contributed by atoms with Gasteiger partial charge in [-0.3, -0.25) is 4.79 Å². The SMILES string of the molecule is C=C(F)c1ccc(N2CCN[C@H](c3ccccc3)C2)nc1C(=O)c1cccnc1N.[HH].[HH].[HH]. The van der Waals surface area contributed by atoms with Crippen LogP contribution in [0.1, 0.15) is 37.5 Å². The highest BCUT2D eigenvalue weighted by atomic mass is 19.1. The molecule has 1 aromatic carbocycles. The van der Waals surface area contributed by atoms with Crippen LogP contribution in [0.3, 0.4) is 0 Å². The highest BCUT2D eigenvalue weighted by molar-refractivity contribution is 6.12. The van der Waals surface area contributed by atoms with Crippen molar-refractivity contribution in [1.82, 2.24) is 15.3 Å². The molecule has 1 aliphatic rings. The van der Waals surface area contributed by atoms with E-state index in [2.05, 4.69) is 38.9 Å². The van der Waals surface area contributed by atoms with Gasteiger partial charge in [-0.15, -0.1) is 0 Å². The van der Waals surface area contributed by atoms with E-state index >= 15 is 0 Å². The number of carbonyl (C=O) groups excluding carboxylic acids is 1. The van der Waals surface area contributed by atoms with Crippen molar-refractivity contribution in [3.63, 3.8) is 0 Å². The zero-order chi connectivity index (χ0) is 21.1. The third-order valence-corrected chi connectivity index (χ3v) is 5.17. The van der Waals surface area contributed by atoms with Crippen LogP contribution in [-0.4, -0.2) is 35.4 Å². The molecule has 0 bridgehead atoms. The van der Waals surface area contributed by atoms with E-state index in [4.69, 9.17) is 5.73 Å². The molecule has 6 nitrogen and oxygen atoms in total. The molecule has 0 radical (unpaired) electrons. The summed E-state index contributed by atoms with van der Waals surface area (Å²) < 4.78 is 14.1. The summed E-state index contributed by atoms with van der Waals surface area (Å²) in [5.41, 5.74) is 7.26. The van der Waals surface area contributed by atoms with Gasteiger partial charge in [0.1, 0.15) is 23.2 Å². The molecule has 1 fully saturated rings. The molecular weight excluding hydrogens is 381 g/mol. The molecule has 3 N–H and O–H groups in total. The quantitative estimate of drug-likeness (QED) is 0.617. The molecule has 4 rings (SSSR count). The number of pyridine rings is 2. The number of nitrogens with one attached hydrogen (secondary N) is 1. The van der Waals surface area contributed by atoms with Crippen molar-refractivity contribution in [2.24, 2.45) is 0 Å². The summed E-state index contributed by atoms with van der Waals surface area (Å²) in [6.07, 6.45) is 1.50. The molecule has 0 spiro atoms. The van der Waals surface area contributed by atoms with Gasteiger partial charge in [0, 0.05) is 41.7 Å². The van der Waals surface area contributed by atoms with Crippen molar-refractivity contribution >= 4 is 23.2 Å². The normalized spacial score (nSPS) is 16.3. The monoisotopic (exact) mass is 409 g/mol. The fourth-order valence-electron chi connectivity index (χ4n) is 3.62. The summed E-state index contributed by atoms with van der Waals surface area (Å²) in [5, 5.41) is 3.50. The Hall–Kier alpha value is -3.58. The van der Waals surface area contributed by atoms with Crippen LogP contribution in [-0.2, 0) is 0 Å². The van der Waals surface area contributed by atoms with E-state index in [1.807, 2.05) is 18.2 Å². The summed E-state index contributed by atoms with van der Waals surface area (Å²) in [5.74, 6) is -0.516. The van der Waals surface area contributed by atoms with Crippen LogP contribution in [0.2, 0.25) is 0 Å². The lowest BCUT2D eigenvalue weighted by molar-refractivity contribution is 0.103. The van der Waals surface area contributed by atoms with Crippen LogP contribution in [0.25, 0.3) is 5.83 Å². The Morgan fingerprint density at radius 1 is 1.17 bits per heavy atom. The van der Waals surface area contributed by atoms with E-state index in [0.29, 0.717) is 12.4 Å². The second kappa shape index (κ2) is 8.42. The van der Waals surface area contributed by atoms with Gasteiger partial charge in [-0.05, 0) is 29.8 Å². The molecule has 7 heteroatoms. The number of hydrogen-bond acceptors (Lipinski definition) is 6. The van der Waals surface area contributed by atoms with E-state index < -0.39 is 11.6 Å². The number of aromatic nitrogens is 2. The highest BCUT2D eigenvalue weighted by Crippen LogP contribution is 2.27. The number of anilines is 2. The average Bonchev–Trinajstić information content (AvgIpc) is 2.79. The fourth-order valence-corrected chi connectivity index (χ4v) is 3.62. The maximum atomic E-state index is 14.1. The number of rotatable bonds is 5. The van der Waals surface area contributed by atoms with Crippen molar-refractivity contribution in [3.05, 3.63) is 89.8 Å². The van der Waals surface area contributed by atoms with Gasteiger partial charge < -0.3 is 16.0 Å². The number of nitrogens with two attached hydrogens (primary N) is 1. The zero-order valence-corrected chi connectivity index (χ0v) is 16.4. The second-order valence-corrected chi connectivity index (χ2v) is 7.10. The second-order valence-electron chi connectivity index (χ2n) is 7.10. The smallest absolute Gasteiger partial charge is 0.215 e. The molecule has 0 unspecified atom stereocenters. The van der Waals surface area contributed by atoms with Crippen LogP contribution < -0.4 is 16.0 Å². The van der Waals surface area contributed by atoms with Crippen LogP contribution >= 0.6 is 0 Å². The Morgan fingerprint density at radius 3 is 2.70 bits per heavy atom. The molecule has 2 aromatic heterocycles. The largest absolute Gasteiger partial charge is 0.383 e. The third kappa shape index (κ3) is 3.92. The van der Waals surface area contributed by atoms with E-state index in [9.17, 15) is 9.18 Å². The summed E-state index contributed by atoms with van der Waals surface area (Å²) >= 11 is 0. The standard InChI is InChI=1S/C23H22FN5O.3H2/c1-15(24)17-9-10-20(28-21(17)22(30)18-8-5-11-27-23(18)25)29-13-12-26-19(14-29)16-6-3-2-4-7-16;;;/h2-11,19,26H,1,12-14H2,(H2,25,27);3*1H/t19-;;;/m0.../s1. The van der Waals surface area contributed by atoms with Crippen LogP contribution in [0.5, 0.6) is 0 Å². The summed E-state index contributed by atoms with van der Waals surface area (Å²) in [4.78, 5) is 23.7. The molecule has 1 saturated heterocycles. The van der Waals surface area contributed by atoms with Crippen molar-refractivity contribution in [2.75, 3.05) is 30.3 Å². The Kier molecular flexibility index (Phi) is 5.54. The Balaban J connectivity index is 0.00000181. The number of benzene rings is 1. The van der Waals surface area contributed by atoms with Gasteiger partial charge in [0.2, 0.25) is 5.78 Å². The third-order valence-electron chi connectivity index (χ3n) is 5.17. The molecule has 1 aliphatic heterocycles. The lowest BCUT2D eigenvalue weighted by atomic mass is 10.0. The van der Waals surface area contributed by atoms with Gasteiger partial charge in [0.15, 0.2) is 0 Å². The molecule has 0 saturated carbocycles. The van der Waals surface area contributed by atoms with Gasteiger partial charge in [0.25, 0.3) is 0 Å². The number of piperazine rings is 1. The number of hydrogen-bond donors (Lipinski definition) is 2. The number of nitrogen functional groups attached to an aromatic ring is 1. The predicted molar refractivity (Wildman–Crippen MR) is 122 cm³/mol. The fraction of sp³-hybridized carbons (Fsp3) is 0.174. The van der Waals surface area contributed by atoms with E-state index in [1.54, 1.807) is 24.3 Å². The Labute approximate surface area is 178 Å². The van der Waals surface area contributed by atoms with Gasteiger partial charge in [0.05, 0.1) is 5.56 Å². The molecule has 30 heavy (non-hydrogen) atoms. The van der Waals surface area contributed by atoms with Crippen LogP contribution in [0.15, 0.2) is 67.4 Å². The number of halogens is 1. The van der Waals surface area contributed by atoms with Crippen molar-refractivity contribution in [1.29, 1.82) is 0 Å². The van der Waals surface area contributed by atoms with Crippen molar-refractivity contribution in [3.8, 4) is 0 Å². The number of carbonyl (C=O) groups is 1. The van der Waals surface area contributed by atoms with Gasteiger partial charge in [-0.25, -0.2) is 14.4 Å². The minimum Gasteiger partial charge on any atom is -0.383 e. The molecule has 0 aliphatic carbocycles. The summed E-state index contributed by atoms with van der Waals surface area (Å²) in [6.45, 7) is 5.50. The first-order chi connectivity index (χ1) is 14.5. The lowest BCUT2D eigenvalue weighted by Gasteiger charge is -2.35. The topological polar surface area (TPSA) is 84.1 Å². The molecule has 3 heterocycles. The minimum atomic E-state index is -0.720. The predicted octanol–water partition coefficient (Wildman–Crippen LogP) is 4.12. The first-order valence-corrected chi connectivity index (χ1v) is 9.69. The molecule has 158 valence electrons. The Bertz CT molecular complexity index is 1100. The first kappa shape index (κ1) is 19.7. The molecule has 3 aromatic rings. The molecule has 0 amide bonds. The van der Waals surface area contributed by atoms with Gasteiger partial charge in [-0.2, -0.15) is 0 Å². The van der Waals surface area contributed by atoms with Gasteiger partial charge >= 0.3 is 0 Å².